The van der Waals surface area contributed by atoms with E-state index in [9.17, 15) is 4.57 Å². The molecule has 0 N–H and O–H groups in total. The molecule has 0 spiro atoms. The summed E-state index contributed by atoms with van der Waals surface area (Å²) in [5.74, 6) is 0.748. The van der Waals surface area contributed by atoms with Gasteiger partial charge in [0.05, 0.1) is 0 Å². The maximum atomic E-state index is 12.6. The molecule has 0 aliphatic heterocycles. The van der Waals surface area contributed by atoms with Gasteiger partial charge in [-0.3, -0.25) is 4.57 Å². The Morgan fingerprint density at radius 1 is 1.18 bits per heavy atom. The molecule has 0 radical (unpaired) electrons. The standard InChI is InChI=1S/C14H23O2P/c1-4-6-11-17(15,10-5-2)16-14-9-7-8-13(3)12-14/h7-9,12H,4-6,10-11H2,1-3H3. The molecule has 0 aromatic heterocycles. The lowest BCUT2D eigenvalue weighted by Gasteiger charge is -2.19. The van der Waals surface area contributed by atoms with Gasteiger partial charge in [0.15, 0.2) is 0 Å². The highest BCUT2D eigenvalue weighted by Gasteiger charge is 2.22. The van der Waals surface area contributed by atoms with Gasteiger partial charge < -0.3 is 4.52 Å². The Hall–Kier alpha value is -0.750. The lowest BCUT2D eigenvalue weighted by atomic mass is 10.2. The molecular formula is C14H23O2P. The summed E-state index contributed by atoms with van der Waals surface area (Å²) in [7, 11) is -2.48. The van der Waals surface area contributed by atoms with Crippen LogP contribution in [0, 0.1) is 6.92 Å². The molecule has 96 valence electrons. The smallest absolute Gasteiger partial charge is 0.247 e. The van der Waals surface area contributed by atoms with Gasteiger partial charge in [0.25, 0.3) is 0 Å². The van der Waals surface area contributed by atoms with E-state index in [0.717, 1.165) is 30.6 Å². The quantitative estimate of drug-likeness (QED) is 0.649. The van der Waals surface area contributed by atoms with E-state index in [1.807, 2.05) is 31.2 Å². The molecule has 0 aliphatic carbocycles. The van der Waals surface area contributed by atoms with Crippen molar-refractivity contribution >= 4 is 7.37 Å². The average Bonchev–Trinajstić information content (AvgIpc) is 2.27. The van der Waals surface area contributed by atoms with Crippen LogP contribution in [0.2, 0.25) is 0 Å². The minimum absolute atomic E-state index is 0.681. The van der Waals surface area contributed by atoms with E-state index in [-0.39, 0.29) is 0 Å². The molecule has 0 bridgehead atoms. The summed E-state index contributed by atoms with van der Waals surface area (Å²) in [5.41, 5.74) is 1.14. The summed E-state index contributed by atoms with van der Waals surface area (Å²) in [5, 5.41) is 0. The third kappa shape index (κ3) is 4.95. The molecule has 1 aromatic rings. The molecule has 0 fully saturated rings. The van der Waals surface area contributed by atoms with Gasteiger partial charge in [0.2, 0.25) is 7.37 Å². The maximum Gasteiger partial charge on any atom is 0.247 e. The normalized spacial score (nSPS) is 14.3. The molecule has 1 rings (SSSR count). The predicted octanol–water partition coefficient (Wildman–Crippen LogP) is 4.86. The van der Waals surface area contributed by atoms with E-state index in [4.69, 9.17) is 4.52 Å². The van der Waals surface area contributed by atoms with Gasteiger partial charge in [-0.1, -0.05) is 32.4 Å². The fourth-order valence-corrected chi connectivity index (χ4v) is 4.19. The number of aryl methyl sites for hydroxylation is 1. The summed E-state index contributed by atoms with van der Waals surface area (Å²) >= 11 is 0. The van der Waals surface area contributed by atoms with Gasteiger partial charge in [-0.05, 0) is 37.5 Å². The zero-order chi connectivity index (χ0) is 12.7. The fourth-order valence-electron chi connectivity index (χ4n) is 1.81. The van der Waals surface area contributed by atoms with Crippen LogP contribution < -0.4 is 4.52 Å². The lowest BCUT2D eigenvalue weighted by Crippen LogP contribution is -2.02. The highest BCUT2D eigenvalue weighted by Crippen LogP contribution is 2.48. The Bertz CT molecular complexity index is 388. The zero-order valence-corrected chi connectivity index (χ0v) is 12.0. The Balaban J connectivity index is 2.75. The van der Waals surface area contributed by atoms with E-state index in [1.165, 1.54) is 0 Å². The van der Waals surface area contributed by atoms with Gasteiger partial charge in [-0.2, -0.15) is 0 Å². The molecule has 0 heterocycles. The first kappa shape index (κ1) is 14.3. The first-order valence-electron chi connectivity index (χ1n) is 6.44. The van der Waals surface area contributed by atoms with E-state index in [1.54, 1.807) is 0 Å². The highest BCUT2D eigenvalue weighted by atomic mass is 31.2. The number of rotatable bonds is 7. The van der Waals surface area contributed by atoms with Crippen LogP contribution in [0.15, 0.2) is 24.3 Å². The highest BCUT2D eigenvalue weighted by molar-refractivity contribution is 7.59. The molecule has 0 saturated heterocycles. The Morgan fingerprint density at radius 3 is 2.53 bits per heavy atom. The maximum absolute atomic E-state index is 12.6. The van der Waals surface area contributed by atoms with Crippen molar-refractivity contribution in [3.05, 3.63) is 29.8 Å². The van der Waals surface area contributed by atoms with Crippen LogP contribution in [0.1, 0.15) is 38.7 Å². The van der Waals surface area contributed by atoms with Crippen molar-refractivity contribution in [2.75, 3.05) is 12.3 Å². The molecule has 0 amide bonds. The first-order chi connectivity index (χ1) is 8.09. The number of unbranched alkanes of at least 4 members (excludes halogenated alkanes) is 1. The van der Waals surface area contributed by atoms with Crippen molar-refractivity contribution in [2.24, 2.45) is 0 Å². The third-order valence-corrected chi connectivity index (χ3v) is 5.35. The van der Waals surface area contributed by atoms with Crippen LogP contribution in [0.3, 0.4) is 0 Å². The molecule has 17 heavy (non-hydrogen) atoms. The second-order valence-corrected chi connectivity index (χ2v) is 7.23. The number of hydrogen-bond donors (Lipinski definition) is 0. The van der Waals surface area contributed by atoms with Crippen LogP contribution in [0.4, 0.5) is 0 Å². The van der Waals surface area contributed by atoms with Crippen molar-refractivity contribution in [3.63, 3.8) is 0 Å². The number of benzene rings is 1. The summed E-state index contributed by atoms with van der Waals surface area (Å²) in [4.78, 5) is 0. The molecule has 0 aliphatic rings. The minimum atomic E-state index is -2.48. The van der Waals surface area contributed by atoms with Crippen LogP contribution >= 0.6 is 7.37 Å². The van der Waals surface area contributed by atoms with Gasteiger partial charge in [-0.15, -0.1) is 0 Å². The van der Waals surface area contributed by atoms with Crippen molar-refractivity contribution in [1.29, 1.82) is 0 Å². The molecule has 1 aromatic carbocycles. The van der Waals surface area contributed by atoms with Crippen LogP contribution in [-0.2, 0) is 4.57 Å². The summed E-state index contributed by atoms with van der Waals surface area (Å²) in [6, 6.07) is 7.81. The van der Waals surface area contributed by atoms with Crippen LogP contribution in [0.25, 0.3) is 0 Å². The summed E-state index contributed by atoms with van der Waals surface area (Å²) in [6.45, 7) is 6.19. The van der Waals surface area contributed by atoms with Gasteiger partial charge >= 0.3 is 0 Å². The second kappa shape index (κ2) is 6.86. The topological polar surface area (TPSA) is 26.3 Å². The third-order valence-electron chi connectivity index (χ3n) is 2.68. The predicted molar refractivity (Wildman–Crippen MR) is 74.3 cm³/mol. The summed E-state index contributed by atoms with van der Waals surface area (Å²) in [6.07, 6.45) is 4.33. The van der Waals surface area contributed by atoms with Crippen molar-refractivity contribution < 1.29 is 9.09 Å². The van der Waals surface area contributed by atoms with E-state index in [0.29, 0.717) is 12.3 Å². The first-order valence-corrected chi connectivity index (χ1v) is 8.43. The van der Waals surface area contributed by atoms with Crippen molar-refractivity contribution in [1.82, 2.24) is 0 Å². The number of hydrogen-bond acceptors (Lipinski definition) is 2. The van der Waals surface area contributed by atoms with Crippen LogP contribution in [0.5, 0.6) is 5.75 Å². The van der Waals surface area contributed by atoms with Gasteiger partial charge in [-0.25, -0.2) is 0 Å². The molecule has 1 atom stereocenters. The van der Waals surface area contributed by atoms with E-state index >= 15 is 0 Å². The largest absolute Gasteiger partial charge is 0.443 e. The van der Waals surface area contributed by atoms with E-state index < -0.39 is 7.37 Å². The Morgan fingerprint density at radius 2 is 1.94 bits per heavy atom. The SMILES string of the molecule is CCCCP(=O)(CCC)Oc1cccc(C)c1. The van der Waals surface area contributed by atoms with Crippen LogP contribution in [-0.4, -0.2) is 12.3 Å². The van der Waals surface area contributed by atoms with Gasteiger partial charge in [0.1, 0.15) is 5.75 Å². The second-order valence-electron chi connectivity index (χ2n) is 4.52. The van der Waals surface area contributed by atoms with Crippen molar-refractivity contribution in [3.8, 4) is 5.75 Å². The molecule has 0 saturated carbocycles. The molecular weight excluding hydrogens is 231 g/mol. The summed E-state index contributed by atoms with van der Waals surface area (Å²) < 4.78 is 18.4. The van der Waals surface area contributed by atoms with Gasteiger partial charge in [0, 0.05) is 12.3 Å². The Labute approximate surface area is 105 Å². The Kier molecular flexibility index (Phi) is 5.77. The molecule has 1 unspecified atom stereocenters. The molecule has 3 heteroatoms. The average molecular weight is 254 g/mol. The lowest BCUT2D eigenvalue weighted by molar-refractivity contribution is 0.477. The van der Waals surface area contributed by atoms with E-state index in [2.05, 4.69) is 13.8 Å². The van der Waals surface area contributed by atoms with Crippen molar-refractivity contribution in [2.45, 2.75) is 40.0 Å². The fraction of sp³-hybridized carbons (Fsp3) is 0.571. The zero-order valence-electron chi connectivity index (χ0n) is 11.1. The molecule has 2 nitrogen and oxygen atoms in total. The monoisotopic (exact) mass is 254 g/mol. The minimum Gasteiger partial charge on any atom is -0.443 e.